The summed E-state index contributed by atoms with van der Waals surface area (Å²) in [6, 6.07) is 9.76. The monoisotopic (exact) mass is 244 g/mol. The summed E-state index contributed by atoms with van der Waals surface area (Å²) in [5, 5.41) is 0. The predicted octanol–water partition coefficient (Wildman–Crippen LogP) is 4.04. The van der Waals surface area contributed by atoms with E-state index in [-0.39, 0.29) is 18.0 Å². The van der Waals surface area contributed by atoms with Crippen LogP contribution in [-0.2, 0) is 9.53 Å². The van der Waals surface area contributed by atoms with E-state index in [9.17, 15) is 4.79 Å². The molecular weight excluding hydrogens is 224 g/mol. The number of ether oxygens (including phenoxy) is 1. The quantitative estimate of drug-likeness (QED) is 0.590. The largest absolute Gasteiger partial charge is 0.453 e. The third kappa shape index (κ3) is 3.22. The molecule has 0 aromatic heterocycles. The van der Waals surface area contributed by atoms with E-state index in [1.54, 1.807) is 6.08 Å². The van der Waals surface area contributed by atoms with Crippen LogP contribution < -0.4 is 0 Å². The average molecular weight is 244 g/mol. The third-order valence-electron chi connectivity index (χ3n) is 3.52. The van der Waals surface area contributed by atoms with Gasteiger partial charge in [-0.25, -0.2) is 0 Å². The van der Waals surface area contributed by atoms with Crippen molar-refractivity contribution < 1.29 is 9.53 Å². The average Bonchev–Trinajstić information content (AvgIpc) is 2.46. The first-order valence-corrected chi connectivity index (χ1v) is 6.69. The molecular formula is C16H20O2. The number of benzene rings is 1. The van der Waals surface area contributed by atoms with Gasteiger partial charge in [0.15, 0.2) is 0 Å². The van der Waals surface area contributed by atoms with Crippen molar-refractivity contribution in [1.29, 1.82) is 0 Å². The van der Waals surface area contributed by atoms with Crippen molar-refractivity contribution >= 4 is 5.97 Å². The fraction of sp³-hybridized carbons (Fsp3) is 0.438. The molecule has 0 bridgehead atoms. The van der Waals surface area contributed by atoms with Crippen LogP contribution in [0, 0.1) is 5.92 Å². The zero-order chi connectivity index (χ0) is 12.8. The molecule has 0 spiro atoms. The number of carbonyl (C=O) groups is 1. The number of hydrogen-bond acceptors (Lipinski definition) is 2. The van der Waals surface area contributed by atoms with Gasteiger partial charge in [0.05, 0.1) is 5.92 Å². The van der Waals surface area contributed by atoms with Gasteiger partial charge in [0.25, 0.3) is 0 Å². The van der Waals surface area contributed by atoms with E-state index in [1.807, 2.05) is 30.3 Å². The van der Waals surface area contributed by atoms with Crippen LogP contribution in [0.25, 0.3) is 0 Å². The summed E-state index contributed by atoms with van der Waals surface area (Å²) in [4.78, 5) is 12.1. The second-order valence-electron chi connectivity index (χ2n) is 4.84. The van der Waals surface area contributed by atoms with Crippen LogP contribution in [0.5, 0.6) is 0 Å². The van der Waals surface area contributed by atoms with Crippen molar-refractivity contribution in [2.24, 2.45) is 5.92 Å². The zero-order valence-corrected chi connectivity index (χ0v) is 10.7. The molecule has 0 amide bonds. The van der Waals surface area contributed by atoms with Crippen LogP contribution in [-0.4, -0.2) is 5.97 Å². The van der Waals surface area contributed by atoms with Crippen molar-refractivity contribution in [3.05, 3.63) is 48.6 Å². The summed E-state index contributed by atoms with van der Waals surface area (Å²) in [6.45, 7) is 3.76. The maximum atomic E-state index is 12.1. The first-order valence-electron chi connectivity index (χ1n) is 6.69. The summed E-state index contributed by atoms with van der Waals surface area (Å²) in [5.74, 6) is 0.0216. The Kier molecular flexibility index (Phi) is 4.57. The van der Waals surface area contributed by atoms with Gasteiger partial charge in [0.2, 0.25) is 0 Å². The molecule has 0 saturated heterocycles. The SMILES string of the molecule is C=C[C@@H](OC(=O)C1CCCCC1)c1ccccc1. The standard InChI is InChI=1S/C16H20O2/c1-2-15(13-9-5-3-6-10-13)18-16(17)14-11-7-4-8-12-14/h2-3,5-6,9-10,14-15H,1,4,7-8,11-12H2/t15-/m1/s1. The Morgan fingerprint density at radius 3 is 2.50 bits per heavy atom. The van der Waals surface area contributed by atoms with E-state index in [4.69, 9.17) is 4.74 Å². The van der Waals surface area contributed by atoms with Gasteiger partial charge in [-0.3, -0.25) is 4.79 Å². The highest BCUT2D eigenvalue weighted by molar-refractivity contribution is 5.73. The number of rotatable bonds is 4. The molecule has 1 fully saturated rings. The Morgan fingerprint density at radius 2 is 1.89 bits per heavy atom. The molecule has 1 atom stereocenters. The van der Waals surface area contributed by atoms with E-state index in [0.717, 1.165) is 31.2 Å². The lowest BCUT2D eigenvalue weighted by Gasteiger charge is -2.22. The van der Waals surface area contributed by atoms with Gasteiger partial charge in [-0.2, -0.15) is 0 Å². The summed E-state index contributed by atoms with van der Waals surface area (Å²) >= 11 is 0. The van der Waals surface area contributed by atoms with Crippen molar-refractivity contribution in [1.82, 2.24) is 0 Å². The fourth-order valence-corrected chi connectivity index (χ4v) is 2.45. The molecule has 0 N–H and O–H groups in total. The van der Waals surface area contributed by atoms with Gasteiger partial charge < -0.3 is 4.74 Å². The molecule has 0 heterocycles. The Labute approximate surface area is 109 Å². The Hall–Kier alpha value is -1.57. The molecule has 1 aromatic carbocycles. The number of carbonyl (C=O) groups excluding carboxylic acids is 1. The Bertz CT molecular complexity index is 391. The van der Waals surface area contributed by atoms with E-state index in [1.165, 1.54) is 6.42 Å². The molecule has 0 radical (unpaired) electrons. The van der Waals surface area contributed by atoms with Gasteiger partial charge in [0.1, 0.15) is 6.10 Å². The van der Waals surface area contributed by atoms with Crippen LogP contribution >= 0.6 is 0 Å². The molecule has 1 aliphatic carbocycles. The Morgan fingerprint density at radius 1 is 1.22 bits per heavy atom. The third-order valence-corrected chi connectivity index (χ3v) is 3.52. The van der Waals surface area contributed by atoms with Gasteiger partial charge in [-0.15, -0.1) is 0 Å². The zero-order valence-electron chi connectivity index (χ0n) is 10.7. The van der Waals surface area contributed by atoms with Crippen LogP contribution in [0.2, 0.25) is 0 Å². The van der Waals surface area contributed by atoms with Gasteiger partial charge >= 0.3 is 5.97 Å². The summed E-state index contributed by atoms with van der Waals surface area (Å²) in [7, 11) is 0. The molecule has 2 nitrogen and oxygen atoms in total. The van der Waals surface area contributed by atoms with Gasteiger partial charge in [-0.05, 0) is 24.5 Å². The van der Waals surface area contributed by atoms with Gasteiger partial charge in [0, 0.05) is 0 Å². The first-order chi connectivity index (χ1) is 8.81. The van der Waals surface area contributed by atoms with Gasteiger partial charge in [-0.1, -0.05) is 56.2 Å². The number of hydrogen-bond donors (Lipinski definition) is 0. The molecule has 1 aromatic rings. The maximum Gasteiger partial charge on any atom is 0.309 e. The van der Waals surface area contributed by atoms with Crippen LogP contribution in [0.1, 0.15) is 43.8 Å². The van der Waals surface area contributed by atoms with Crippen LogP contribution in [0.4, 0.5) is 0 Å². The Balaban J connectivity index is 1.98. The highest BCUT2D eigenvalue weighted by Gasteiger charge is 2.24. The van der Waals surface area contributed by atoms with Crippen molar-refractivity contribution in [3.63, 3.8) is 0 Å². The van der Waals surface area contributed by atoms with Crippen molar-refractivity contribution in [2.75, 3.05) is 0 Å². The van der Waals surface area contributed by atoms with Crippen molar-refractivity contribution in [2.45, 2.75) is 38.2 Å². The second-order valence-corrected chi connectivity index (χ2v) is 4.84. The van der Waals surface area contributed by atoms with E-state index in [2.05, 4.69) is 6.58 Å². The highest BCUT2D eigenvalue weighted by Crippen LogP contribution is 2.27. The number of esters is 1. The first kappa shape index (κ1) is 12.9. The van der Waals surface area contributed by atoms with Crippen LogP contribution in [0.15, 0.2) is 43.0 Å². The molecule has 2 heteroatoms. The van der Waals surface area contributed by atoms with E-state index in [0.29, 0.717) is 0 Å². The normalized spacial score (nSPS) is 18.0. The minimum Gasteiger partial charge on any atom is -0.453 e. The highest BCUT2D eigenvalue weighted by atomic mass is 16.5. The molecule has 0 aliphatic heterocycles. The lowest BCUT2D eigenvalue weighted by atomic mass is 9.89. The molecule has 96 valence electrons. The van der Waals surface area contributed by atoms with Crippen LogP contribution in [0.3, 0.4) is 0 Å². The smallest absolute Gasteiger partial charge is 0.309 e. The maximum absolute atomic E-state index is 12.1. The summed E-state index contributed by atoms with van der Waals surface area (Å²) in [6.07, 6.45) is 6.84. The molecule has 2 rings (SSSR count). The lowest BCUT2D eigenvalue weighted by Crippen LogP contribution is -2.21. The molecule has 0 unspecified atom stereocenters. The molecule has 1 aliphatic rings. The minimum absolute atomic E-state index is 0.0662. The van der Waals surface area contributed by atoms with E-state index >= 15 is 0 Å². The molecule has 1 saturated carbocycles. The van der Waals surface area contributed by atoms with E-state index < -0.39 is 0 Å². The summed E-state index contributed by atoms with van der Waals surface area (Å²) < 4.78 is 5.57. The fourth-order valence-electron chi connectivity index (χ4n) is 2.45. The molecule has 18 heavy (non-hydrogen) atoms. The minimum atomic E-state index is -0.319. The second kappa shape index (κ2) is 6.39. The lowest BCUT2D eigenvalue weighted by molar-refractivity contribution is -0.153. The van der Waals surface area contributed by atoms with Crippen molar-refractivity contribution in [3.8, 4) is 0 Å². The predicted molar refractivity (Wildman–Crippen MR) is 72.0 cm³/mol. The topological polar surface area (TPSA) is 26.3 Å². The summed E-state index contributed by atoms with van der Waals surface area (Å²) in [5.41, 5.74) is 0.983.